The van der Waals surface area contributed by atoms with Crippen molar-refractivity contribution in [1.29, 1.82) is 0 Å². The van der Waals surface area contributed by atoms with Crippen LogP contribution in [0.4, 0.5) is 5.82 Å². The molecule has 4 fully saturated rings. The number of fused-ring (bicyclic) bond motifs is 3. The van der Waals surface area contributed by atoms with E-state index in [-0.39, 0.29) is 12.5 Å². The minimum atomic E-state index is 0.194. The van der Waals surface area contributed by atoms with Crippen LogP contribution in [0, 0.1) is 18.3 Å². The lowest BCUT2D eigenvalue weighted by Gasteiger charge is -2.52. The van der Waals surface area contributed by atoms with Gasteiger partial charge in [0.05, 0.1) is 18.0 Å². The van der Waals surface area contributed by atoms with Gasteiger partial charge >= 0.3 is 0 Å². The van der Waals surface area contributed by atoms with E-state index >= 15 is 0 Å². The maximum atomic E-state index is 12.5. The Balaban J connectivity index is 0.972. The van der Waals surface area contributed by atoms with Crippen molar-refractivity contribution in [2.45, 2.75) is 84.0 Å². The van der Waals surface area contributed by atoms with E-state index in [2.05, 4.69) is 76.6 Å². The van der Waals surface area contributed by atoms with Crippen LogP contribution in [0.1, 0.15) is 81.9 Å². The highest BCUT2D eigenvalue weighted by molar-refractivity contribution is 5.83. The van der Waals surface area contributed by atoms with Crippen LogP contribution in [0.2, 0.25) is 0 Å². The number of piperazine rings is 1. The lowest BCUT2D eigenvalue weighted by atomic mass is 9.53. The molecule has 3 saturated carbocycles. The summed E-state index contributed by atoms with van der Waals surface area (Å²) in [6.07, 6.45) is 14.2. The number of benzene rings is 2. The van der Waals surface area contributed by atoms with Crippen LogP contribution in [-0.4, -0.2) is 76.4 Å². The summed E-state index contributed by atoms with van der Waals surface area (Å²) in [5, 5.41) is 17.7. The van der Waals surface area contributed by atoms with Crippen LogP contribution in [-0.2, 0) is 11.2 Å². The monoisotopic (exact) mass is 662 g/mol. The van der Waals surface area contributed by atoms with Gasteiger partial charge in [-0.1, -0.05) is 80.6 Å². The molecule has 3 aliphatic carbocycles. The fourth-order valence-corrected chi connectivity index (χ4v) is 8.84. The summed E-state index contributed by atoms with van der Waals surface area (Å²) in [6.45, 7) is 7.40. The smallest absolute Gasteiger partial charge is 0.220 e. The van der Waals surface area contributed by atoms with E-state index in [1.165, 1.54) is 56.9 Å². The molecule has 0 atom stereocenters. The molecular formula is C41H54N6O2. The van der Waals surface area contributed by atoms with E-state index in [1.807, 2.05) is 10.6 Å². The Bertz CT molecular complexity index is 1700. The van der Waals surface area contributed by atoms with Gasteiger partial charge in [0.2, 0.25) is 5.91 Å². The molecule has 2 N–H and O–H groups in total. The fraction of sp³-hybridized carbons (Fsp3) is 0.537. The number of nitrogens with zero attached hydrogens (tertiary/aromatic N) is 5. The summed E-state index contributed by atoms with van der Waals surface area (Å²) in [4.78, 5) is 22.5. The summed E-state index contributed by atoms with van der Waals surface area (Å²) in [5.74, 6) is 2.26. The van der Waals surface area contributed by atoms with Crippen LogP contribution >= 0.6 is 0 Å². The van der Waals surface area contributed by atoms with Crippen LogP contribution < -0.4 is 10.2 Å². The second-order valence-electron chi connectivity index (χ2n) is 15.0. The molecule has 2 aromatic carbocycles. The minimum Gasteiger partial charge on any atom is -0.395 e. The van der Waals surface area contributed by atoms with Crippen molar-refractivity contribution in [2.24, 2.45) is 11.3 Å². The van der Waals surface area contributed by atoms with Gasteiger partial charge < -0.3 is 15.3 Å². The molecule has 8 heteroatoms. The number of carbonyl (C=O) groups is 1. The van der Waals surface area contributed by atoms with Gasteiger partial charge in [0.15, 0.2) is 5.65 Å². The zero-order chi connectivity index (χ0) is 33.6. The Labute approximate surface area is 291 Å². The maximum absolute atomic E-state index is 12.5. The second kappa shape index (κ2) is 15.4. The number of aliphatic hydroxyl groups is 1. The van der Waals surface area contributed by atoms with Crippen molar-refractivity contribution >= 4 is 17.4 Å². The van der Waals surface area contributed by atoms with Gasteiger partial charge in [0, 0.05) is 62.9 Å². The van der Waals surface area contributed by atoms with E-state index in [4.69, 9.17) is 10.1 Å². The first kappa shape index (κ1) is 33.7. The van der Waals surface area contributed by atoms with E-state index in [0.717, 1.165) is 110 Å². The number of nitrogens with one attached hydrogen (secondary N) is 1. The Morgan fingerprint density at radius 1 is 0.939 bits per heavy atom. The zero-order valence-corrected chi connectivity index (χ0v) is 29.4. The molecule has 8 rings (SSSR count). The van der Waals surface area contributed by atoms with Gasteiger partial charge in [-0.3, -0.25) is 9.69 Å². The van der Waals surface area contributed by atoms with Gasteiger partial charge in [0.1, 0.15) is 5.82 Å². The molecule has 2 aromatic heterocycles. The molecule has 3 heterocycles. The molecule has 1 saturated heterocycles. The first-order valence-corrected chi connectivity index (χ1v) is 18.9. The van der Waals surface area contributed by atoms with Gasteiger partial charge in [-0.25, -0.2) is 4.98 Å². The molecule has 0 radical (unpaired) electrons. The molecule has 4 aromatic rings. The summed E-state index contributed by atoms with van der Waals surface area (Å²) in [5.41, 5.74) is 7.89. The predicted octanol–water partition coefficient (Wildman–Crippen LogP) is 7.07. The molecular weight excluding hydrogens is 608 g/mol. The molecule has 1 amide bonds. The first-order valence-electron chi connectivity index (χ1n) is 18.9. The molecule has 4 aliphatic rings. The Kier molecular flexibility index (Phi) is 10.6. The zero-order valence-electron chi connectivity index (χ0n) is 29.4. The van der Waals surface area contributed by atoms with E-state index < -0.39 is 0 Å². The highest BCUT2D eigenvalue weighted by atomic mass is 16.3. The second-order valence-corrected chi connectivity index (χ2v) is 15.0. The minimum absolute atomic E-state index is 0.194. The number of anilines is 1. The van der Waals surface area contributed by atoms with Crippen LogP contribution in [0.3, 0.4) is 0 Å². The number of β-amino-alcohol motifs (C(OH)–C–C–N with tert-alkyl or cyclic N) is 1. The molecule has 1 aliphatic heterocycles. The number of unbranched alkanes of at least 4 members (excludes halogenated alkanes) is 4. The number of carbonyl (C=O) groups excluding carboxylic acids is 1. The number of aryl methyl sites for hydroxylation is 2. The molecule has 2 bridgehead atoms. The standard InChI is InChI=1S/C41H54N6O2/c1-31-39(34-15-7-5-8-16-34)40-43-36(27-38(47(40)44-31)46-22-20-45(21-23-46)24-25-48)35-17-10-13-32(26-35)12-6-3-2-4-9-19-42-37(49)30-41-18-11-14-33(28-41)29-41/h5,7-8,10,13,15-17,26-27,33,48H,2-4,6,9,11-12,14,18-25,28-30H2,1H3,(H,42,49). The van der Waals surface area contributed by atoms with E-state index in [9.17, 15) is 9.90 Å². The van der Waals surface area contributed by atoms with Gasteiger partial charge in [0.25, 0.3) is 0 Å². The predicted molar refractivity (Wildman–Crippen MR) is 198 cm³/mol. The Hall–Kier alpha value is -3.75. The summed E-state index contributed by atoms with van der Waals surface area (Å²) >= 11 is 0. The number of aliphatic hydroxyl groups excluding tert-OH is 1. The third-order valence-electron chi connectivity index (χ3n) is 11.4. The van der Waals surface area contributed by atoms with Gasteiger partial charge in [-0.2, -0.15) is 9.61 Å². The quantitative estimate of drug-likeness (QED) is 0.133. The lowest BCUT2D eigenvalue weighted by molar-refractivity contribution is -0.128. The van der Waals surface area contributed by atoms with Crippen LogP contribution in [0.25, 0.3) is 28.0 Å². The average molecular weight is 663 g/mol. The van der Waals surface area contributed by atoms with Crippen LogP contribution in [0.5, 0.6) is 0 Å². The Morgan fingerprint density at radius 3 is 2.49 bits per heavy atom. The number of rotatable bonds is 15. The van der Waals surface area contributed by atoms with Gasteiger partial charge in [-0.05, 0) is 74.0 Å². The van der Waals surface area contributed by atoms with E-state index in [0.29, 0.717) is 5.41 Å². The summed E-state index contributed by atoms with van der Waals surface area (Å²) in [6, 6.07) is 21.6. The maximum Gasteiger partial charge on any atom is 0.220 e. The van der Waals surface area contributed by atoms with Crippen LogP contribution in [0.15, 0.2) is 60.7 Å². The fourth-order valence-electron chi connectivity index (χ4n) is 8.84. The molecule has 0 unspecified atom stereocenters. The van der Waals surface area contributed by atoms with Gasteiger partial charge in [-0.15, -0.1) is 0 Å². The number of aromatic nitrogens is 3. The third-order valence-corrected chi connectivity index (χ3v) is 11.4. The summed E-state index contributed by atoms with van der Waals surface area (Å²) in [7, 11) is 0. The number of hydrogen-bond donors (Lipinski definition) is 2. The number of amides is 1. The third kappa shape index (κ3) is 7.86. The molecule has 260 valence electrons. The van der Waals surface area contributed by atoms with Crippen molar-refractivity contribution in [1.82, 2.24) is 24.8 Å². The normalized spacial score (nSPS) is 20.8. The highest BCUT2D eigenvalue weighted by Gasteiger charge is 2.47. The largest absolute Gasteiger partial charge is 0.395 e. The average Bonchev–Trinajstić information content (AvgIpc) is 3.45. The number of hydrogen-bond acceptors (Lipinski definition) is 6. The Morgan fingerprint density at radius 2 is 1.71 bits per heavy atom. The van der Waals surface area contributed by atoms with Crippen molar-refractivity contribution < 1.29 is 9.90 Å². The topological polar surface area (TPSA) is 86.0 Å². The van der Waals surface area contributed by atoms with E-state index in [1.54, 1.807) is 0 Å². The summed E-state index contributed by atoms with van der Waals surface area (Å²) < 4.78 is 2.04. The van der Waals surface area contributed by atoms with Crippen molar-refractivity contribution in [3.05, 3.63) is 71.9 Å². The first-order chi connectivity index (χ1) is 24.0. The van der Waals surface area contributed by atoms with Crippen molar-refractivity contribution in [3.8, 4) is 22.4 Å². The molecule has 8 nitrogen and oxygen atoms in total. The molecule has 0 spiro atoms. The highest BCUT2D eigenvalue weighted by Crippen LogP contribution is 2.57. The lowest BCUT2D eigenvalue weighted by Crippen LogP contribution is -2.47. The van der Waals surface area contributed by atoms with Crippen molar-refractivity contribution in [3.63, 3.8) is 0 Å². The van der Waals surface area contributed by atoms with Crippen molar-refractivity contribution in [2.75, 3.05) is 50.8 Å². The SMILES string of the molecule is Cc1nn2c(N3CCN(CCO)CC3)cc(-c3cccc(CCCCCCCNC(=O)CC45CCCC(C4)C5)c3)nc2c1-c1ccccc1. The molecule has 49 heavy (non-hydrogen) atoms.